The Balaban J connectivity index is 1.29. The maximum absolute atomic E-state index is 12.2. The topological polar surface area (TPSA) is 77.0 Å². The van der Waals surface area contributed by atoms with Crippen molar-refractivity contribution in [1.82, 2.24) is 20.5 Å². The minimum absolute atomic E-state index is 0.0356. The summed E-state index contributed by atoms with van der Waals surface area (Å²) in [6, 6.07) is 21.8. The summed E-state index contributed by atoms with van der Waals surface area (Å²) in [6.45, 7) is 2.54. The molecule has 4 aromatic rings. The summed E-state index contributed by atoms with van der Waals surface area (Å²) < 4.78 is 5.35. The number of amides is 1. The Morgan fingerprint density at radius 1 is 1.03 bits per heavy atom. The standard InChI is InChI=1S/C25H24N4O2S2/c1-17-24(33-25(27-17)19-9-4-3-5-10-19)20-12-13-23(29-28-20)32-16-22(30)26-15-14-18-8-6-7-11-21(18)31-2/h3-13H,14-16H2,1-2H3,(H,26,30). The highest BCUT2D eigenvalue weighted by atomic mass is 32.2. The number of rotatable bonds is 9. The van der Waals surface area contributed by atoms with E-state index < -0.39 is 0 Å². The van der Waals surface area contributed by atoms with Crippen molar-refractivity contribution in [3.8, 4) is 26.9 Å². The number of thioether (sulfide) groups is 1. The zero-order chi connectivity index (χ0) is 23.0. The fraction of sp³-hybridized carbons (Fsp3) is 0.200. The first-order valence-corrected chi connectivity index (χ1v) is 12.3. The van der Waals surface area contributed by atoms with Crippen LogP contribution in [0, 0.1) is 6.92 Å². The van der Waals surface area contributed by atoms with Crippen molar-refractivity contribution in [3.63, 3.8) is 0 Å². The van der Waals surface area contributed by atoms with E-state index in [4.69, 9.17) is 4.74 Å². The molecule has 0 atom stereocenters. The molecule has 0 unspecified atom stereocenters. The van der Waals surface area contributed by atoms with E-state index in [0.717, 1.165) is 38.1 Å². The van der Waals surface area contributed by atoms with E-state index in [1.807, 2.05) is 61.5 Å². The van der Waals surface area contributed by atoms with E-state index in [1.165, 1.54) is 11.8 Å². The molecule has 0 fully saturated rings. The summed E-state index contributed by atoms with van der Waals surface area (Å²) in [6.07, 6.45) is 0.716. The summed E-state index contributed by atoms with van der Waals surface area (Å²) in [5.41, 5.74) is 3.89. The lowest BCUT2D eigenvalue weighted by Crippen LogP contribution is -2.27. The highest BCUT2D eigenvalue weighted by Gasteiger charge is 2.13. The molecule has 2 aromatic carbocycles. The number of aryl methyl sites for hydroxylation is 1. The molecule has 1 N–H and O–H groups in total. The van der Waals surface area contributed by atoms with Gasteiger partial charge in [-0.2, -0.15) is 0 Å². The summed E-state index contributed by atoms with van der Waals surface area (Å²) in [4.78, 5) is 17.9. The number of nitrogens with zero attached hydrogens (tertiary/aromatic N) is 3. The number of hydrogen-bond donors (Lipinski definition) is 1. The van der Waals surface area contributed by atoms with Gasteiger partial charge in [0.15, 0.2) is 0 Å². The molecule has 1 amide bonds. The van der Waals surface area contributed by atoms with Crippen molar-refractivity contribution < 1.29 is 9.53 Å². The minimum Gasteiger partial charge on any atom is -0.496 e. The van der Waals surface area contributed by atoms with Gasteiger partial charge < -0.3 is 10.1 Å². The van der Waals surface area contributed by atoms with Crippen molar-refractivity contribution in [3.05, 3.63) is 78.0 Å². The van der Waals surface area contributed by atoms with Gasteiger partial charge in [0.1, 0.15) is 21.5 Å². The first-order chi connectivity index (χ1) is 16.1. The molecular formula is C25H24N4O2S2. The molecule has 33 heavy (non-hydrogen) atoms. The van der Waals surface area contributed by atoms with Gasteiger partial charge in [0.25, 0.3) is 0 Å². The number of carbonyl (C=O) groups is 1. The highest BCUT2D eigenvalue weighted by Crippen LogP contribution is 2.34. The SMILES string of the molecule is COc1ccccc1CCNC(=O)CSc1ccc(-c2sc(-c3ccccc3)nc2C)nn1. The third kappa shape index (κ3) is 5.97. The molecule has 6 nitrogen and oxygen atoms in total. The highest BCUT2D eigenvalue weighted by molar-refractivity contribution is 7.99. The number of hydrogen-bond acceptors (Lipinski definition) is 7. The maximum Gasteiger partial charge on any atom is 0.230 e. The van der Waals surface area contributed by atoms with Crippen LogP contribution < -0.4 is 10.1 Å². The molecule has 2 aromatic heterocycles. The van der Waals surface area contributed by atoms with Gasteiger partial charge in [0.05, 0.1) is 23.4 Å². The average molecular weight is 477 g/mol. The number of ether oxygens (including phenoxy) is 1. The number of aromatic nitrogens is 3. The van der Waals surface area contributed by atoms with Crippen LogP contribution in [0.3, 0.4) is 0 Å². The van der Waals surface area contributed by atoms with E-state index in [-0.39, 0.29) is 11.7 Å². The second-order valence-electron chi connectivity index (χ2n) is 7.26. The molecular weight excluding hydrogens is 452 g/mol. The third-order valence-electron chi connectivity index (χ3n) is 4.95. The van der Waals surface area contributed by atoms with Gasteiger partial charge in [-0.1, -0.05) is 60.3 Å². The van der Waals surface area contributed by atoms with Crippen LogP contribution in [0.25, 0.3) is 21.1 Å². The van der Waals surface area contributed by atoms with Gasteiger partial charge in [0, 0.05) is 12.1 Å². The van der Waals surface area contributed by atoms with Crippen molar-refractivity contribution in [1.29, 1.82) is 0 Å². The smallest absolute Gasteiger partial charge is 0.230 e. The lowest BCUT2D eigenvalue weighted by Gasteiger charge is -2.09. The van der Waals surface area contributed by atoms with Crippen LogP contribution in [0.5, 0.6) is 5.75 Å². The molecule has 0 spiro atoms. The number of para-hydroxylation sites is 1. The largest absolute Gasteiger partial charge is 0.496 e. The van der Waals surface area contributed by atoms with Gasteiger partial charge in [-0.05, 0) is 37.1 Å². The molecule has 0 saturated carbocycles. The summed E-state index contributed by atoms with van der Waals surface area (Å²) in [5.74, 6) is 1.09. The zero-order valence-corrected chi connectivity index (χ0v) is 20.1. The Kier molecular flexibility index (Phi) is 7.70. The number of thiazole rings is 1. The predicted molar refractivity (Wildman–Crippen MR) is 134 cm³/mol. The van der Waals surface area contributed by atoms with Crippen LogP contribution in [0.15, 0.2) is 71.8 Å². The van der Waals surface area contributed by atoms with Gasteiger partial charge in [-0.15, -0.1) is 21.5 Å². The molecule has 168 valence electrons. The van der Waals surface area contributed by atoms with E-state index in [0.29, 0.717) is 18.0 Å². The zero-order valence-electron chi connectivity index (χ0n) is 18.4. The molecule has 0 aliphatic rings. The van der Waals surface area contributed by atoms with Crippen LogP contribution in [-0.2, 0) is 11.2 Å². The number of carbonyl (C=O) groups excluding carboxylic acids is 1. The minimum atomic E-state index is -0.0356. The average Bonchev–Trinajstić information content (AvgIpc) is 3.25. The van der Waals surface area contributed by atoms with Crippen LogP contribution in [0.4, 0.5) is 0 Å². The molecule has 2 heterocycles. The Labute approximate surface area is 201 Å². The number of methoxy groups -OCH3 is 1. The summed E-state index contributed by atoms with van der Waals surface area (Å²) in [5, 5.41) is 13.3. The predicted octanol–water partition coefficient (Wildman–Crippen LogP) is 5.04. The normalized spacial score (nSPS) is 10.7. The van der Waals surface area contributed by atoms with Crippen LogP contribution in [0.1, 0.15) is 11.3 Å². The van der Waals surface area contributed by atoms with Crippen molar-refractivity contribution in [2.75, 3.05) is 19.4 Å². The van der Waals surface area contributed by atoms with Crippen LogP contribution in [-0.4, -0.2) is 40.5 Å². The summed E-state index contributed by atoms with van der Waals surface area (Å²) in [7, 11) is 1.65. The van der Waals surface area contributed by atoms with E-state index >= 15 is 0 Å². The Morgan fingerprint density at radius 2 is 1.82 bits per heavy atom. The van der Waals surface area contributed by atoms with Crippen molar-refractivity contribution >= 4 is 29.0 Å². The number of nitrogens with one attached hydrogen (secondary N) is 1. The van der Waals surface area contributed by atoms with Crippen molar-refractivity contribution in [2.24, 2.45) is 0 Å². The molecule has 0 aliphatic heterocycles. The Bertz CT molecular complexity index is 1210. The van der Waals surface area contributed by atoms with Gasteiger partial charge >= 0.3 is 0 Å². The molecule has 0 aliphatic carbocycles. The fourth-order valence-corrected chi connectivity index (χ4v) is 4.97. The lowest BCUT2D eigenvalue weighted by molar-refractivity contribution is -0.118. The molecule has 8 heteroatoms. The summed E-state index contributed by atoms with van der Waals surface area (Å²) >= 11 is 2.98. The second-order valence-corrected chi connectivity index (χ2v) is 9.25. The lowest BCUT2D eigenvalue weighted by atomic mass is 10.1. The van der Waals surface area contributed by atoms with Gasteiger partial charge in [0.2, 0.25) is 5.91 Å². The van der Waals surface area contributed by atoms with E-state index in [2.05, 4.69) is 32.6 Å². The Morgan fingerprint density at radius 3 is 2.58 bits per heavy atom. The first kappa shape index (κ1) is 22.9. The second kappa shape index (κ2) is 11.1. The van der Waals surface area contributed by atoms with Gasteiger partial charge in [-0.25, -0.2) is 4.98 Å². The Hall–Kier alpha value is -3.23. The van der Waals surface area contributed by atoms with Gasteiger partial charge in [-0.3, -0.25) is 4.79 Å². The first-order valence-electron chi connectivity index (χ1n) is 10.5. The third-order valence-corrected chi connectivity index (χ3v) is 7.10. The molecule has 4 rings (SSSR count). The van der Waals surface area contributed by atoms with Crippen LogP contribution in [0.2, 0.25) is 0 Å². The fourth-order valence-electron chi connectivity index (χ4n) is 3.29. The van der Waals surface area contributed by atoms with E-state index in [9.17, 15) is 4.79 Å². The maximum atomic E-state index is 12.2. The molecule has 0 bridgehead atoms. The quantitative estimate of drug-likeness (QED) is 0.341. The van der Waals surface area contributed by atoms with E-state index in [1.54, 1.807) is 18.4 Å². The molecule has 0 radical (unpaired) electrons. The number of benzene rings is 2. The monoisotopic (exact) mass is 476 g/mol. The van der Waals surface area contributed by atoms with Crippen molar-refractivity contribution in [2.45, 2.75) is 18.4 Å². The van der Waals surface area contributed by atoms with Crippen LogP contribution >= 0.6 is 23.1 Å². The molecule has 0 saturated heterocycles.